The molecule has 146 valence electrons. The van der Waals surface area contributed by atoms with Crippen LogP contribution in [0.15, 0.2) is 54.6 Å². The first kappa shape index (κ1) is 19.9. The molecule has 6 nitrogen and oxygen atoms in total. The first-order chi connectivity index (χ1) is 13.4. The van der Waals surface area contributed by atoms with E-state index in [9.17, 15) is 10.0 Å². The maximum atomic E-state index is 11.9. The summed E-state index contributed by atoms with van der Waals surface area (Å²) >= 11 is 6.03. The molecule has 1 aromatic heterocycles. The summed E-state index contributed by atoms with van der Waals surface area (Å²) in [6.07, 6.45) is 0.159. The summed E-state index contributed by atoms with van der Waals surface area (Å²) in [6, 6.07) is 17.1. The monoisotopic (exact) mass is 399 g/mol. The molecule has 0 saturated carbocycles. The summed E-state index contributed by atoms with van der Waals surface area (Å²) in [4.78, 5) is 11.9. The minimum atomic E-state index is -0.362. The summed E-state index contributed by atoms with van der Waals surface area (Å²) in [6.45, 7) is 1.91. The first-order valence-electron chi connectivity index (χ1n) is 8.85. The van der Waals surface area contributed by atoms with Crippen molar-refractivity contribution < 1.29 is 14.7 Å². The number of carbonyl (C=O) groups excluding carboxylic acids is 1. The van der Waals surface area contributed by atoms with Crippen LogP contribution in [0.25, 0.3) is 16.9 Å². The van der Waals surface area contributed by atoms with Gasteiger partial charge in [0, 0.05) is 30.0 Å². The van der Waals surface area contributed by atoms with E-state index in [1.165, 1.54) is 7.05 Å². The Labute approximate surface area is 168 Å². The van der Waals surface area contributed by atoms with Gasteiger partial charge in [0.15, 0.2) is 0 Å². The number of amides is 1. The highest BCUT2D eigenvalue weighted by Crippen LogP contribution is 2.29. The van der Waals surface area contributed by atoms with Crippen LogP contribution in [0.5, 0.6) is 5.75 Å². The van der Waals surface area contributed by atoms with Crippen LogP contribution in [0, 0.1) is 0 Å². The summed E-state index contributed by atoms with van der Waals surface area (Å²) in [5, 5.41) is 15.3. The lowest BCUT2D eigenvalue weighted by molar-refractivity contribution is -0.159. The van der Waals surface area contributed by atoms with Gasteiger partial charge < -0.3 is 4.74 Å². The Bertz CT molecular complexity index is 950. The van der Waals surface area contributed by atoms with E-state index in [1.807, 2.05) is 66.2 Å². The van der Waals surface area contributed by atoms with E-state index in [2.05, 4.69) is 0 Å². The van der Waals surface area contributed by atoms with E-state index in [-0.39, 0.29) is 18.2 Å². The van der Waals surface area contributed by atoms with Crippen LogP contribution in [0.4, 0.5) is 0 Å². The van der Waals surface area contributed by atoms with Crippen LogP contribution in [0.2, 0.25) is 5.02 Å². The smallest absolute Gasteiger partial charge is 0.246 e. The van der Waals surface area contributed by atoms with E-state index < -0.39 is 0 Å². The minimum Gasteiger partial charge on any atom is -0.497 e. The lowest BCUT2D eigenvalue weighted by atomic mass is 10.0. The molecule has 0 aliphatic heterocycles. The molecule has 3 aromatic rings. The number of carbonyl (C=O) groups is 1. The number of hydrogen-bond donors (Lipinski definition) is 1. The Morgan fingerprint density at radius 3 is 2.43 bits per heavy atom. The zero-order valence-electron chi connectivity index (χ0n) is 16.0. The van der Waals surface area contributed by atoms with Crippen molar-refractivity contribution in [3.8, 4) is 22.7 Å². The third kappa shape index (κ3) is 4.35. The van der Waals surface area contributed by atoms with Crippen molar-refractivity contribution in [2.75, 3.05) is 14.2 Å². The molecule has 0 bridgehead atoms. The minimum absolute atomic E-state index is 0.159. The van der Waals surface area contributed by atoms with Crippen molar-refractivity contribution in [1.29, 1.82) is 0 Å². The number of methoxy groups -OCH3 is 1. The van der Waals surface area contributed by atoms with Gasteiger partial charge in [-0.3, -0.25) is 10.0 Å². The Kier molecular flexibility index (Phi) is 6.02. The predicted molar refractivity (Wildman–Crippen MR) is 108 cm³/mol. The van der Waals surface area contributed by atoms with Gasteiger partial charge in [0.05, 0.1) is 24.2 Å². The fourth-order valence-electron chi connectivity index (χ4n) is 2.89. The van der Waals surface area contributed by atoms with Crippen molar-refractivity contribution in [2.45, 2.75) is 19.3 Å². The molecule has 2 aromatic carbocycles. The number of halogens is 1. The molecule has 0 aliphatic rings. The molecule has 0 saturated heterocycles. The number of benzene rings is 2. The molecule has 1 N–H and O–H groups in total. The third-order valence-corrected chi connectivity index (χ3v) is 4.78. The second kappa shape index (κ2) is 8.46. The van der Waals surface area contributed by atoms with Gasteiger partial charge in [-0.1, -0.05) is 30.7 Å². The maximum Gasteiger partial charge on any atom is 0.246 e. The Morgan fingerprint density at radius 1 is 1.21 bits per heavy atom. The molecule has 7 heteroatoms. The van der Waals surface area contributed by atoms with Crippen molar-refractivity contribution in [1.82, 2.24) is 14.8 Å². The largest absolute Gasteiger partial charge is 0.497 e. The summed E-state index contributed by atoms with van der Waals surface area (Å²) < 4.78 is 7.07. The van der Waals surface area contributed by atoms with E-state index >= 15 is 0 Å². The van der Waals surface area contributed by atoms with E-state index in [1.54, 1.807) is 7.11 Å². The zero-order chi connectivity index (χ0) is 20.3. The fourth-order valence-corrected chi connectivity index (χ4v) is 3.01. The van der Waals surface area contributed by atoms with Crippen molar-refractivity contribution in [3.05, 3.63) is 65.3 Å². The van der Waals surface area contributed by atoms with Gasteiger partial charge in [-0.05, 0) is 42.5 Å². The second-order valence-electron chi connectivity index (χ2n) is 6.59. The van der Waals surface area contributed by atoms with Gasteiger partial charge in [-0.15, -0.1) is 0 Å². The zero-order valence-corrected chi connectivity index (χ0v) is 16.7. The molecule has 0 spiro atoms. The van der Waals surface area contributed by atoms with E-state index in [0.717, 1.165) is 28.4 Å². The second-order valence-corrected chi connectivity index (χ2v) is 7.03. The topological polar surface area (TPSA) is 67.6 Å². The predicted octanol–water partition coefficient (Wildman–Crippen LogP) is 4.54. The number of ether oxygens (including phenoxy) is 1. The fraction of sp³-hybridized carbons (Fsp3) is 0.238. The average molecular weight is 400 g/mol. The summed E-state index contributed by atoms with van der Waals surface area (Å²) in [7, 11) is 2.95. The van der Waals surface area contributed by atoms with Crippen molar-refractivity contribution in [3.63, 3.8) is 0 Å². The average Bonchev–Trinajstić information content (AvgIpc) is 3.14. The Balaban J connectivity index is 2.03. The molecule has 1 unspecified atom stereocenters. The Hall–Kier alpha value is -2.83. The summed E-state index contributed by atoms with van der Waals surface area (Å²) in [5.41, 5.74) is 3.47. The quantitative estimate of drug-likeness (QED) is 0.488. The molecule has 0 fully saturated rings. The van der Waals surface area contributed by atoms with Gasteiger partial charge >= 0.3 is 0 Å². The Morgan fingerprint density at radius 2 is 1.86 bits per heavy atom. The van der Waals surface area contributed by atoms with Crippen LogP contribution >= 0.6 is 11.6 Å². The van der Waals surface area contributed by atoms with Gasteiger partial charge in [0.25, 0.3) is 0 Å². The van der Waals surface area contributed by atoms with Gasteiger partial charge in [0.1, 0.15) is 5.75 Å². The SMILES string of the molecule is COc1ccc(-n2nc(C(C)CC(=O)N(C)O)cc2-c2ccc(Cl)cc2)cc1. The normalized spacial score (nSPS) is 11.9. The molecule has 1 amide bonds. The number of aromatic nitrogens is 2. The lowest BCUT2D eigenvalue weighted by Gasteiger charge is -2.12. The summed E-state index contributed by atoms with van der Waals surface area (Å²) in [5.74, 6) is 0.237. The highest BCUT2D eigenvalue weighted by atomic mass is 35.5. The molecular formula is C21H22ClN3O3. The molecule has 3 rings (SSSR count). The van der Waals surface area contributed by atoms with Gasteiger partial charge in [-0.2, -0.15) is 5.10 Å². The van der Waals surface area contributed by atoms with Crippen LogP contribution in [0.3, 0.4) is 0 Å². The molecule has 28 heavy (non-hydrogen) atoms. The highest BCUT2D eigenvalue weighted by molar-refractivity contribution is 6.30. The molecule has 1 heterocycles. The van der Waals surface area contributed by atoms with E-state index in [4.69, 9.17) is 21.4 Å². The number of nitrogens with zero attached hydrogens (tertiary/aromatic N) is 3. The van der Waals surface area contributed by atoms with Crippen LogP contribution < -0.4 is 4.74 Å². The van der Waals surface area contributed by atoms with Crippen LogP contribution in [-0.2, 0) is 4.79 Å². The van der Waals surface area contributed by atoms with Crippen molar-refractivity contribution in [2.24, 2.45) is 0 Å². The lowest BCUT2D eigenvalue weighted by Crippen LogP contribution is -2.23. The van der Waals surface area contributed by atoms with Gasteiger partial charge in [-0.25, -0.2) is 9.75 Å². The number of rotatable bonds is 6. The first-order valence-corrected chi connectivity index (χ1v) is 9.22. The van der Waals surface area contributed by atoms with Gasteiger partial charge in [0.2, 0.25) is 5.91 Å². The van der Waals surface area contributed by atoms with Crippen LogP contribution in [-0.4, -0.2) is 40.1 Å². The van der Waals surface area contributed by atoms with Crippen LogP contribution in [0.1, 0.15) is 25.0 Å². The highest BCUT2D eigenvalue weighted by Gasteiger charge is 2.19. The molecular weight excluding hydrogens is 378 g/mol. The molecule has 0 radical (unpaired) electrons. The number of hydrogen-bond acceptors (Lipinski definition) is 4. The maximum absolute atomic E-state index is 11.9. The standard InChI is InChI=1S/C21H22ClN3O3/c1-14(12-21(26)24(2)27)19-13-20(15-4-6-16(22)7-5-15)25(23-19)17-8-10-18(28-3)11-9-17/h4-11,13-14,27H,12H2,1-3H3. The third-order valence-electron chi connectivity index (χ3n) is 4.53. The number of hydroxylamine groups is 2. The molecule has 0 aliphatic carbocycles. The molecule has 1 atom stereocenters. The van der Waals surface area contributed by atoms with E-state index in [0.29, 0.717) is 10.1 Å². The van der Waals surface area contributed by atoms with Crippen molar-refractivity contribution >= 4 is 17.5 Å².